The Labute approximate surface area is 112 Å². The van der Waals surface area contributed by atoms with Gasteiger partial charge in [0.05, 0.1) is 6.61 Å². The van der Waals surface area contributed by atoms with Crippen molar-refractivity contribution in [3.63, 3.8) is 0 Å². The Morgan fingerprint density at radius 3 is 2.11 bits per heavy atom. The van der Waals surface area contributed by atoms with Gasteiger partial charge in [-0.05, 0) is 55.7 Å². The van der Waals surface area contributed by atoms with Crippen molar-refractivity contribution in [3.05, 3.63) is 29.8 Å². The first-order chi connectivity index (χ1) is 8.81. The standard InChI is InChI=1S/C17H26O/c1-3-14-5-7-15(8-6-14)13-16-9-11-17(12-10-16)18-4-2/h9-12,14-15H,3-8,13H2,1-2H3. The Bertz CT molecular complexity index is 333. The van der Waals surface area contributed by atoms with Gasteiger partial charge >= 0.3 is 0 Å². The Kier molecular flexibility index (Phi) is 5.10. The second-order valence-corrected chi connectivity index (χ2v) is 5.58. The number of hydrogen-bond acceptors (Lipinski definition) is 1. The van der Waals surface area contributed by atoms with Gasteiger partial charge in [-0.15, -0.1) is 0 Å². The summed E-state index contributed by atoms with van der Waals surface area (Å²) in [6, 6.07) is 8.68. The van der Waals surface area contributed by atoms with Gasteiger partial charge in [0, 0.05) is 0 Å². The molecule has 0 radical (unpaired) electrons. The number of hydrogen-bond donors (Lipinski definition) is 0. The van der Waals surface area contributed by atoms with Crippen LogP contribution in [0.3, 0.4) is 0 Å². The van der Waals surface area contributed by atoms with Gasteiger partial charge < -0.3 is 4.74 Å². The van der Waals surface area contributed by atoms with Crippen molar-refractivity contribution in [1.82, 2.24) is 0 Å². The van der Waals surface area contributed by atoms with E-state index in [2.05, 4.69) is 31.2 Å². The third-order valence-corrected chi connectivity index (χ3v) is 4.30. The van der Waals surface area contributed by atoms with Crippen LogP contribution < -0.4 is 4.74 Å². The average molecular weight is 246 g/mol. The van der Waals surface area contributed by atoms with Crippen molar-refractivity contribution in [2.45, 2.75) is 52.4 Å². The first-order valence-electron chi connectivity index (χ1n) is 7.53. The molecule has 1 fully saturated rings. The smallest absolute Gasteiger partial charge is 0.119 e. The van der Waals surface area contributed by atoms with Crippen LogP contribution in [0.1, 0.15) is 51.5 Å². The molecule has 1 saturated carbocycles. The molecule has 0 aromatic heterocycles. The van der Waals surface area contributed by atoms with Crippen LogP contribution in [-0.2, 0) is 6.42 Å². The summed E-state index contributed by atoms with van der Waals surface area (Å²) in [6.07, 6.45) is 8.35. The molecule has 2 rings (SSSR count). The summed E-state index contributed by atoms with van der Waals surface area (Å²) in [5.74, 6) is 2.91. The molecule has 0 aliphatic heterocycles. The Hall–Kier alpha value is -0.980. The molecule has 0 saturated heterocycles. The van der Waals surface area contributed by atoms with E-state index in [4.69, 9.17) is 4.74 Å². The predicted molar refractivity (Wildman–Crippen MR) is 77.1 cm³/mol. The van der Waals surface area contributed by atoms with Crippen LogP contribution in [0.15, 0.2) is 24.3 Å². The van der Waals surface area contributed by atoms with Crippen LogP contribution in [-0.4, -0.2) is 6.61 Å². The van der Waals surface area contributed by atoms with Gasteiger partial charge in [-0.2, -0.15) is 0 Å². The van der Waals surface area contributed by atoms with Crippen LogP contribution >= 0.6 is 0 Å². The molecule has 0 N–H and O–H groups in total. The largest absolute Gasteiger partial charge is 0.494 e. The van der Waals surface area contributed by atoms with E-state index in [0.29, 0.717) is 0 Å². The number of rotatable bonds is 5. The van der Waals surface area contributed by atoms with Crippen molar-refractivity contribution in [1.29, 1.82) is 0 Å². The highest BCUT2D eigenvalue weighted by Crippen LogP contribution is 2.32. The lowest BCUT2D eigenvalue weighted by Crippen LogP contribution is -2.15. The van der Waals surface area contributed by atoms with Crippen molar-refractivity contribution >= 4 is 0 Å². The second kappa shape index (κ2) is 6.82. The molecule has 18 heavy (non-hydrogen) atoms. The summed E-state index contributed by atoms with van der Waals surface area (Å²) in [6.45, 7) is 5.11. The number of benzene rings is 1. The van der Waals surface area contributed by atoms with Crippen molar-refractivity contribution in [2.24, 2.45) is 11.8 Å². The first-order valence-corrected chi connectivity index (χ1v) is 7.53. The molecule has 1 nitrogen and oxygen atoms in total. The molecule has 1 aliphatic rings. The predicted octanol–water partition coefficient (Wildman–Crippen LogP) is 4.84. The summed E-state index contributed by atoms with van der Waals surface area (Å²) in [5, 5.41) is 0. The van der Waals surface area contributed by atoms with E-state index < -0.39 is 0 Å². The maximum Gasteiger partial charge on any atom is 0.119 e. The highest BCUT2D eigenvalue weighted by molar-refractivity contribution is 5.27. The van der Waals surface area contributed by atoms with Crippen LogP contribution in [0.4, 0.5) is 0 Å². The van der Waals surface area contributed by atoms with Gasteiger partial charge in [-0.3, -0.25) is 0 Å². The Morgan fingerprint density at radius 1 is 0.944 bits per heavy atom. The van der Waals surface area contributed by atoms with E-state index >= 15 is 0 Å². The van der Waals surface area contributed by atoms with Crippen LogP contribution in [0.2, 0.25) is 0 Å². The molecule has 100 valence electrons. The zero-order valence-corrected chi connectivity index (χ0v) is 11.8. The third-order valence-electron chi connectivity index (χ3n) is 4.30. The zero-order chi connectivity index (χ0) is 12.8. The summed E-state index contributed by atoms with van der Waals surface area (Å²) in [4.78, 5) is 0. The molecule has 0 bridgehead atoms. The minimum Gasteiger partial charge on any atom is -0.494 e. The van der Waals surface area contributed by atoms with Gasteiger partial charge in [-0.1, -0.05) is 38.3 Å². The molecule has 0 spiro atoms. The lowest BCUT2D eigenvalue weighted by molar-refractivity contribution is 0.268. The molecule has 1 heteroatoms. The van der Waals surface area contributed by atoms with Crippen LogP contribution in [0.25, 0.3) is 0 Å². The lowest BCUT2D eigenvalue weighted by Gasteiger charge is -2.27. The molecule has 1 aromatic carbocycles. The highest BCUT2D eigenvalue weighted by Gasteiger charge is 2.19. The molecular formula is C17H26O. The number of ether oxygens (including phenoxy) is 1. The molecule has 0 atom stereocenters. The topological polar surface area (TPSA) is 9.23 Å². The summed E-state index contributed by atoms with van der Waals surface area (Å²) >= 11 is 0. The van der Waals surface area contributed by atoms with Gasteiger partial charge in [0.1, 0.15) is 5.75 Å². The van der Waals surface area contributed by atoms with Gasteiger partial charge in [0.15, 0.2) is 0 Å². The minimum absolute atomic E-state index is 0.750. The fourth-order valence-corrected chi connectivity index (χ4v) is 3.07. The monoisotopic (exact) mass is 246 g/mol. The molecule has 0 heterocycles. The van der Waals surface area contributed by atoms with Gasteiger partial charge in [-0.25, -0.2) is 0 Å². The van der Waals surface area contributed by atoms with Crippen molar-refractivity contribution < 1.29 is 4.74 Å². The van der Waals surface area contributed by atoms with E-state index in [0.717, 1.165) is 24.2 Å². The summed E-state index contributed by atoms with van der Waals surface area (Å²) in [7, 11) is 0. The Morgan fingerprint density at radius 2 is 1.56 bits per heavy atom. The van der Waals surface area contributed by atoms with E-state index in [-0.39, 0.29) is 0 Å². The quantitative estimate of drug-likeness (QED) is 0.722. The molecule has 1 aromatic rings. The average Bonchev–Trinajstić information content (AvgIpc) is 2.42. The third kappa shape index (κ3) is 3.76. The molecule has 0 amide bonds. The molecule has 0 unspecified atom stereocenters. The van der Waals surface area contributed by atoms with E-state index in [9.17, 15) is 0 Å². The van der Waals surface area contributed by atoms with E-state index in [1.165, 1.54) is 44.1 Å². The normalized spacial score (nSPS) is 23.9. The van der Waals surface area contributed by atoms with E-state index in [1.54, 1.807) is 0 Å². The van der Waals surface area contributed by atoms with Gasteiger partial charge in [0.2, 0.25) is 0 Å². The zero-order valence-electron chi connectivity index (χ0n) is 11.8. The highest BCUT2D eigenvalue weighted by atomic mass is 16.5. The lowest BCUT2D eigenvalue weighted by atomic mass is 9.78. The van der Waals surface area contributed by atoms with Crippen LogP contribution in [0, 0.1) is 11.8 Å². The maximum absolute atomic E-state index is 5.48. The minimum atomic E-state index is 0.750. The summed E-state index contributed by atoms with van der Waals surface area (Å²) < 4.78 is 5.48. The summed E-state index contributed by atoms with van der Waals surface area (Å²) in [5.41, 5.74) is 1.47. The fourth-order valence-electron chi connectivity index (χ4n) is 3.07. The molecular weight excluding hydrogens is 220 g/mol. The SMILES string of the molecule is CCOc1ccc(CC2CCC(CC)CC2)cc1. The van der Waals surface area contributed by atoms with Crippen molar-refractivity contribution in [3.8, 4) is 5.75 Å². The van der Waals surface area contributed by atoms with Gasteiger partial charge in [0.25, 0.3) is 0 Å². The van der Waals surface area contributed by atoms with Crippen LogP contribution in [0.5, 0.6) is 5.75 Å². The van der Waals surface area contributed by atoms with Crippen molar-refractivity contribution in [2.75, 3.05) is 6.61 Å². The maximum atomic E-state index is 5.48. The second-order valence-electron chi connectivity index (χ2n) is 5.58. The molecule has 1 aliphatic carbocycles. The Balaban J connectivity index is 1.82. The van der Waals surface area contributed by atoms with E-state index in [1.807, 2.05) is 6.92 Å². The fraction of sp³-hybridized carbons (Fsp3) is 0.647. The first kappa shape index (κ1) is 13.5.